The summed E-state index contributed by atoms with van der Waals surface area (Å²) in [5, 5.41) is 9.41. The Balaban J connectivity index is 2.51. The molecule has 0 aliphatic rings. The van der Waals surface area contributed by atoms with E-state index in [-0.39, 0.29) is 12.2 Å². The number of benzene rings is 1. The van der Waals surface area contributed by atoms with Gasteiger partial charge in [0, 0.05) is 0 Å². The van der Waals surface area contributed by atoms with E-state index in [0.29, 0.717) is 27.7 Å². The zero-order valence-electron chi connectivity index (χ0n) is 9.11. The van der Waals surface area contributed by atoms with Gasteiger partial charge in [-0.25, -0.2) is 0 Å². The lowest BCUT2D eigenvalue weighted by molar-refractivity contribution is 0.110. The van der Waals surface area contributed by atoms with E-state index in [4.69, 9.17) is 32.9 Å². The number of carbonyl (C=O) groups excluding carboxylic acids is 1. The Bertz CT molecular complexity index is 618. The third-order valence-corrected chi connectivity index (χ3v) is 2.97. The van der Waals surface area contributed by atoms with Crippen molar-refractivity contribution >= 4 is 29.5 Å². The summed E-state index contributed by atoms with van der Waals surface area (Å²) in [5.74, 6) is 0.633. The molecule has 0 unspecified atom stereocenters. The van der Waals surface area contributed by atoms with Crippen molar-refractivity contribution < 1.29 is 9.21 Å². The summed E-state index contributed by atoms with van der Waals surface area (Å²) < 4.78 is 5.28. The molecule has 90 valence electrons. The molecule has 0 saturated heterocycles. The van der Waals surface area contributed by atoms with E-state index in [9.17, 15) is 4.79 Å². The van der Waals surface area contributed by atoms with Crippen molar-refractivity contribution in [3.8, 4) is 17.4 Å². The molecule has 1 aromatic heterocycles. The zero-order chi connectivity index (χ0) is 13.1. The molecule has 0 radical (unpaired) electrons. The molecule has 2 rings (SSSR count). The molecular formula is C13H7Cl2NO2. The van der Waals surface area contributed by atoms with Crippen molar-refractivity contribution in [3.63, 3.8) is 0 Å². The van der Waals surface area contributed by atoms with Crippen molar-refractivity contribution in [2.45, 2.75) is 6.42 Å². The Morgan fingerprint density at radius 3 is 2.44 bits per heavy atom. The molecule has 0 bridgehead atoms. The molecule has 18 heavy (non-hydrogen) atoms. The minimum Gasteiger partial charge on any atom is -0.453 e. The molecule has 5 heteroatoms. The minimum absolute atomic E-state index is 0.207. The van der Waals surface area contributed by atoms with Gasteiger partial charge >= 0.3 is 0 Å². The van der Waals surface area contributed by atoms with E-state index in [1.54, 1.807) is 18.2 Å². The van der Waals surface area contributed by atoms with Gasteiger partial charge in [0.25, 0.3) is 0 Å². The SMILES string of the molecule is N#CCc1cc(Cl)c(-c2ccc(C=O)o2)c(Cl)c1. The summed E-state index contributed by atoms with van der Waals surface area (Å²) in [4.78, 5) is 10.6. The van der Waals surface area contributed by atoms with Gasteiger partial charge < -0.3 is 4.42 Å². The van der Waals surface area contributed by atoms with Crippen molar-refractivity contribution in [2.24, 2.45) is 0 Å². The van der Waals surface area contributed by atoms with Gasteiger partial charge in [-0.05, 0) is 29.8 Å². The fraction of sp³-hybridized carbons (Fsp3) is 0.0769. The van der Waals surface area contributed by atoms with Crippen molar-refractivity contribution in [2.75, 3.05) is 0 Å². The predicted molar refractivity (Wildman–Crippen MR) is 68.9 cm³/mol. The molecule has 3 nitrogen and oxygen atoms in total. The zero-order valence-corrected chi connectivity index (χ0v) is 10.6. The monoisotopic (exact) mass is 279 g/mol. The lowest BCUT2D eigenvalue weighted by atomic mass is 10.1. The molecule has 0 aliphatic carbocycles. The van der Waals surface area contributed by atoms with E-state index in [1.165, 1.54) is 6.07 Å². The van der Waals surface area contributed by atoms with Gasteiger partial charge in [0.1, 0.15) is 5.76 Å². The summed E-state index contributed by atoms with van der Waals surface area (Å²) in [7, 11) is 0. The lowest BCUT2D eigenvalue weighted by Crippen LogP contribution is -1.86. The van der Waals surface area contributed by atoms with E-state index < -0.39 is 0 Å². The number of rotatable bonds is 3. The largest absolute Gasteiger partial charge is 0.453 e. The van der Waals surface area contributed by atoms with Gasteiger partial charge in [-0.2, -0.15) is 5.26 Å². The fourth-order valence-corrected chi connectivity index (χ4v) is 2.32. The Labute approximate surface area is 114 Å². The highest BCUT2D eigenvalue weighted by atomic mass is 35.5. The van der Waals surface area contributed by atoms with Crippen LogP contribution >= 0.6 is 23.2 Å². The number of nitriles is 1. The normalized spacial score (nSPS) is 10.1. The quantitative estimate of drug-likeness (QED) is 0.794. The Hall–Kier alpha value is -1.76. The second-order valence-corrected chi connectivity index (χ2v) is 4.40. The predicted octanol–water partition coefficient (Wildman–Crippen LogP) is 4.13. The molecule has 0 saturated carbocycles. The topological polar surface area (TPSA) is 54.0 Å². The smallest absolute Gasteiger partial charge is 0.185 e. The molecule has 0 N–H and O–H groups in total. The molecule has 2 aromatic rings. The first-order chi connectivity index (χ1) is 8.65. The van der Waals surface area contributed by atoms with Crippen LogP contribution < -0.4 is 0 Å². The second-order valence-electron chi connectivity index (χ2n) is 3.59. The number of hydrogen-bond acceptors (Lipinski definition) is 3. The van der Waals surface area contributed by atoms with Crippen LogP contribution in [0.2, 0.25) is 10.0 Å². The van der Waals surface area contributed by atoms with Gasteiger partial charge in [-0.3, -0.25) is 4.79 Å². The van der Waals surface area contributed by atoms with Crippen LogP contribution in [-0.4, -0.2) is 6.29 Å². The fourth-order valence-electron chi connectivity index (χ4n) is 1.60. The van der Waals surface area contributed by atoms with Crippen LogP contribution in [0.4, 0.5) is 0 Å². The highest BCUT2D eigenvalue weighted by molar-refractivity contribution is 6.39. The number of aldehydes is 1. The Morgan fingerprint density at radius 2 is 1.94 bits per heavy atom. The summed E-state index contributed by atoms with van der Waals surface area (Å²) in [5.41, 5.74) is 1.26. The van der Waals surface area contributed by atoms with E-state index in [1.807, 2.05) is 6.07 Å². The standard InChI is InChI=1S/C13H7Cl2NO2/c14-10-5-8(3-4-16)6-11(15)13(10)12-2-1-9(7-17)18-12/h1-2,5-7H,3H2. The third-order valence-electron chi connectivity index (χ3n) is 2.37. The van der Waals surface area contributed by atoms with Gasteiger partial charge in [-0.15, -0.1) is 0 Å². The van der Waals surface area contributed by atoms with Crippen LogP contribution in [-0.2, 0) is 6.42 Å². The van der Waals surface area contributed by atoms with Gasteiger partial charge in [-0.1, -0.05) is 23.2 Å². The van der Waals surface area contributed by atoms with E-state index >= 15 is 0 Å². The first-order valence-corrected chi connectivity index (χ1v) is 5.81. The maximum absolute atomic E-state index is 10.6. The Kier molecular flexibility index (Phi) is 3.71. The number of nitrogens with zero attached hydrogens (tertiary/aromatic N) is 1. The van der Waals surface area contributed by atoms with Gasteiger partial charge in [0.2, 0.25) is 0 Å². The molecular weight excluding hydrogens is 273 g/mol. The number of halogens is 2. The molecule has 0 spiro atoms. The van der Waals surface area contributed by atoms with Crippen LogP contribution in [0.3, 0.4) is 0 Å². The molecule has 0 atom stereocenters. The maximum atomic E-state index is 10.6. The molecule has 0 fully saturated rings. The summed E-state index contributed by atoms with van der Waals surface area (Å²) in [6.07, 6.45) is 0.840. The van der Waals surface area contributed by atoms with Crippen LogP contribution in [0.25, 0.3) is 11.3 Å². The van der Waals surface area contributed by atoms with Crippen LogP contribution in [0.1, 0.15) is 16.1 Å². The van der Waals surface area contributed by atoms with Gasteiger partial charge in [0.15, 0.2) is 12.0 Å². The van der Waals surface area contributed by atoms with Crippen LogP contribution in [0, 0.1) is 11.3 Å². The minimum atomic E-state index is 0.207. The van der Waals surface area contributed by atoms with E-state index in [2.05, 4.69) is 0 Å². The van der Waals surface area contributed by atoms with Crippen LogP contribution in [0.5, 0.6) is 0 Å². The van der Waals surface area contributed by atoms with Crippen molar-refractivity contribution in [1.29, 1.82) is 5.26 Å². The van der Waals surface area contributed by atoms with Crippen LogP contribution in [0.15, 0.2) is 28.7 Å². The van der Waals surface area contributed by atoms with Gasteiger partial charge in [0.05, 0.1) is 28.1 Å². The highest BCUT2D eigenvalue weighted by Crippen LogP contribution is 2.36. The molecule has 0 amide bonds. The second kappa shape index (κ2) is 5.26. The number of carbonyl (C=O) groups is 1. The molecule has 1 aromatic carbocycles. The maximum Gasteiger partial charge on any atom is 0.185 e. The summed E-state index contributed by atoms with van der Waals surface area (Å²) in [6, 6.07) is 8.51. The highest BCUT2D eigenvalue weighted by Gasteiger charge is 2.14. The lowest BCUT2D eigenvalue weighted by Gasteiger charge is -2.06. The average molecular weight is 280 g/mol. The summed E-state index contributed by atoms with van der Waals surface area (Å²) >= 11 is 12.2. The first kappa shape index (κ1) is 12.7. The van der Waals surface area contributed by atoms with E-state index in [0.717, 1.165) is 5.56 Å². The van der Waals surface area contributed by atoms with Crippen molar-refractivity contribution in [1.82, 2.24) is 0 Å². The summed E-state index contributed by atoms with van der Waals surface area (Å²) in [6.45, 7) is 0. The average Bonchev–Trinajstić information content (AvgIpc) is 2.77. The molecule has 0 aliphatic heterocycles. The third kappa shape index (κ3) is 2.40. The number of furan rings is 1. The first-order valence-electron chi connectivity index (χ1n) is 5.06. The molecule has 1 heterocycles. The Morgan fingerprint density at radius 1 is 1.28 bits per heavy atom. The van der Waals surface area contributed by atoms with Crippen molar-refractivity contribution in [3.05, 3.63) is 45.6 Å². The number of hydrogen-bond donors (Lipinski definition) is 0.